The minimum atomic E-state index is 0.721. The monoisotopic (exact) mass is 355 g/mol. The van der Waals surface area contributed by atoms with Crippen molar-refractivity contribution in [2.24, 2.45) is 7.05 Å². The van der Waals surface area contributed by atoms with Crippen molar-refractivity contribution < 1.29 is 0 Å². The van der Waals surface area contributed by atoms with Crippen LogP contribution in [0.3, 0.4) is 0 Å². The molecule has 0 radical (unpaired) electrons. The van der Waals surface area contributed by atoms with Gasteiger partial charge in [0.05, 0.1) is 0 Å². The first-order valence-electron chi connectivity index (χ1n) is 3.39. The lowest BCUT2D eigenvalue weighted by Crippen LogP contribution is -1.92. The van der Waals surface area contributed by atoms with E-state index in [0.29, 0.717) is 0 Å². The normalized spacial score (nSPS) is 10.8. The first-order valence-corrected chi connectivity index (χ1v) is 6.61. The summed E-state index contributed by atoms with van der Waals surface area (Å²) in [7, 11) is 1.79. The second-order valence-corrected chi connectivity index (χ2v) is 6.51. The Labute approximate surface area is 105 Å². The number of hydrogen-bond donors (Lipinski definition) is 0. The zero-order chi connectivity index (χ0) is 10.1. The van der Waals surface area contributed by atoms with Crippen molar-refractivity contribution in [2.75, 3.05) is 0 Å². The Bertz CT molecular complexity index is 433. The first-order chi connectivity index (χ1) is 6.66. The summed E-state index contributed by atoms with van der Waals surface area (Å²) in [4.78, 5) is 4.27. The third-order valence-electron chi connectivity index (χ3n) is 1.29. The van der Waals surface area contributed by atoms with Gasteiger partial charge in [-0.3, -0.25) is 0 Å². The van der Waals surface area contributed by atoms with Crippen molar-refractivity contribution in [1.29, 1.82) is 0 Å². The van der Waals surface area contributed by atoms with E-state index in [1.54, 1.807) is 11.7 Å². The Morgan fingerprint density at radius 1 is 1.43 bits per heavy atom. The summed E-state index contributed by atoms with van der Waals surface area (Å²) < 4.78 is 4.27. The molecule has 5 nitrogen and oxygen atoms in total. The lowest BCUT2D eigenvalue weighted by molar-refractivity contribution is 0.664. The molecule has 0 fully saturated rings. The Hall–Kier alpha value is 0.01000. The van der Waals surface area contributed by atoms with E-state index < -0.39 is 0 Å². The second-order valence-electron chi connectivity index (χ2n) is 2.23. The van der Waals surface area contributed by atoms with Crippen molar-refractivity contribution in [3.8, 4) is 0 Å². The van der Waals surface area contributed by atoms with E-state index in [2.05, 4.69) is 52.4 Å². The summed E-state index contributed by atoms with van der Waals surface area (Å²) in [5.41, 5.74) is 0. The second kappa shape index (κ2) is 4.25. The molecule has 0 aromatic carbocycles. The average molecular weight is 357 g/mol. The van der Waals surface area contributed by atoms with Crippen molar-refractivity contribution in [3.63, 3.8) is 0 Å². The predicted octanol–water partition coefficient (Wildman–Crippen LogP) is 2.34. The molecule has 0 N–H and O–H groups in total. The van der Waals surface area contributed by atoms with Crippen LogP contribution >= 0.6 is 55.0 Å². The highest BCUT2D eigenvalue weighted by atomic mass is 79.9. The molecule has 0 aliphatic rings. The molecule has 0 aliphatic carbocycles. The van der Waals surface area contributed by atoms with Crippen LogP contribution in [0.25, 0.3) is 0 Å². The number of thiazole rings is 1. The Balaban J connectivity index is 2.23. The SMILES string of the molecule is Cn1nnnc1Sc1nc(Br)c(Br)s1. The van der Waals surface area contributed by atoms with Crippen molar-refractivity contribution in [3.05, 3.63) is 8.39 Å². The zero-order valence-electron chi connectivity index (χ0n) is 6.81. The van der Waals surface area contributed by atoms with Crippen LogP contribution in [-0.2, 0) is 7.05 Å². The molecule has 0 saturated heterocycles. The maximum absolute atomic E-state index is 4.27. The molecule has 0 bridgehead atoms. The van der Waals surface area contributed by atoms with Crippen LogP contribution in [0.5, 0.6) is 0 Å². The van der Waals surface area contributed by atoms with E-state index in [0.717, 1.165) is 17.9 Å². The van der Waals surface area contributed by atoms with Crippen LogP contribution in [0.15, 0.2) is 17.9 Å². The van der Waals surface area contributed by atoms with Gasteiger partial charge in [0.1, 0.15) is 8.39 Å². The van der Waals surface area contributed by atoms with Crippen LogP contribution in [0, 0.1) is 0 Å². The molecule has 0 spiro atoms. The molecular formula is C5H3Br2N5S2. The smallest absolute Gasteiger partial charge is 0.216 e. The maximum atomic E-state index is 4.27. The maximum Gasteiger partial charge on any atom is 0.216 e. The number of hydrogen-bond acceptors (Lipinski definition) is 6. The molecule has 0 unspecified atom stereocenters. The Morgan fingerprint density at radius 2 is 2.21 bits per heavy atom. The van der Waals surface area contributed by atoms with Crippen molar-refractivity contribution in [1.82, 2.24) is 25.2 Å². The number of nitrogens with zero attached hydrogens (tertiary/aromatic N) is 5. The fraction of sp³-hybridized carbons (Fsp3) is 0.200. The lowest BCUT2D eigenvalue weighted by Gasteiger charge is -1.92. The average Bonchev–Trinajstić information content (AvgIpc) is 2.63. The number of halogens is 2. The zero-order valence-corrected chi connectivity index (χ0v) is 11.6. The van der Waals surface area contributed by atoms with Gasteiger partial charge in [-0.05, 0) is 54.0 Å². The summed E-state index contributed by atoms with van der Waals surface area (Å²) in [6, 6.07) is 0. The predicted molar refractivity (Wildman–Crippen MR) is 60.4 cm³/mol. The molecule has 0 aliphatic heterocycles. The van der Waals surface area contributed by atoms with Gasteiger partial charge in [0.15, 0.2) is 4.34 Å². The minimum absolute atomic E-state index is 0.721. The highest BCUT2D eigenvalue weighted by Crippen LogP contribution is 2.36. The van der Waals surface area contributed by atoms with Crippen molar-refractivity contribution in [2.45, 2.75) is 9.50 Å². The molecule has 0 amide bonds. The molecule has 2 heterocycles. The number of aromatic nitrogens is 5. The van der Waals surface area contributed by atoms with E-state index in [1.165, 1.54) is 23.1 Å². The highest BCUT2D eigenvalue weighted by Gasteiger charge is 2.11. The fourth-order valence-corrected chi connectivity index (χ4v) is 3.82. The Kier molecular flexibility index (Phi) is 3.20. The molecule has 0 atom stereocenters. The van der Waals surface area contributed by atoms with E-state index in [9.17, 15) is 0 Å². The van der Waals surface area contributed by atoms with Crippen LogP contribution in [0.2, 0.25) is 0 Å². The van der Waals surface area contributed by atoms with Gasteiger partial charge in [-0.25, -0.2) is 9.67 Å². The van der Waals surface area contributed by atoms with Gasteiger partial charge in [0.25, 0.3) is 0 Å². The van der Waals surface area contributed by atoms with Gasteiger partial charge < -0.3 is 0 Å². The van der Waals surface area contributed by atoms with Crippen LogP contribution in [0.4, 0.5) is 0 Å². The molecule has 14 heavy (non-hydrogen) atoms. The first kappa shape index (κ1) is 10.5. The number of aryl methyl sites for hydroxylation is 1. The van der Waals surface area contributed by atoms with Crippen LogP contribution < -0.4 is 0 Å². The van der Waals surface area contributed by atoms with Crippen LogP contribution in [-0.4, -0.2) is 25.2 Å². The third-order valence-corrected chi connectivity index (χ3v) is 5.45. The minimum Gasteiger partial charge on any atom is -0.223 e. The van der Waals surface area contributed by atoms with E-state index in [4.69, 9.17) is 0 Å². The molecular weight excluding hydrogens is 354 g/mol. The van der Waals surface area contributed by atoms with E-state index >= 15 is 0 Å². The highest BCUT2D eigenvalue weighted by molar-refractivity contribution is 9.13. The lowest BCUT2D eigenvalue weighted by atomic mass is 11.0. The van der Waals surface area contributed by atoms with Gasteiger partial charge in [0.2, 0.25) is 5.16 Å². The largest absolute Gasteiger partial charge is 0.223 e. The van der Waals surface area contributed by atoms with Gasteiger partial charge in [-0.2, -0.15) is 0 Å². The summed E-state index contributed by atoms with van der Waals surface area (Å²) in [6.45, 7) is 0. The van der Waals surface area contributed by atoms with Gasteiger partial charge in [-0.1, -0.05) is 11.3 Å². The Morgan fingerprint density at radius 3 is 2.71 bits per heavy atom. The molecule has 0 saturated carbocycles. The van der Waals surface area contributed by atoms with Crippen molar-refractivity contribution >= 4 is 55.0 Å². The standard InChI is InChI=1S/C5H3Br2N5S2/c1-12-4(9-10-11-12)14-5-8-2(6)3(7)13-5/h1H3. The summed E-state index contributed by atoms with van der Waals surface area (Å²) >= 11 is 9.66. The van der Waals surface area contributed by atoms with E-state index in [-0.39, 0.29) is 0 Å². The quantitative estimate of drug-likeness (QED) is 0.826. The fourth-order valence-electron chi connectivity index (χ4n) is 0.695. The molecule has 9 heteroatoms. The van der Waals surface area contributed by atoms with Gasteiger partial charge in [-0.15, -0.1) is 5.10 Å². The number of tetrazole rings is 1. The van der Waals surface area contributed by atoms with Gasteiger partial charge in [0, 0.05) is 7.05 Å². The van der Waals surface area contributed by atoms with Crippen LogP contribution in [0.1, 0.15) is 0 Å². The number of rotatable bonds is 2. The molecule has 2 aromatic rings. The van der Waals surface area contributed by atoms with E-state index in [1.807, 2.05) is 0 Å². The molecule has 2 rings (SSSR count). The topological polar surface area (TPSA) is 56.5 Å². The summed E-state index contributed by atoms with van der Waals surface area (Å²) in [5.74, 6) is 0. The molecule has 2 aromatic heterocycles. The summed E-state index contributed by atoms with van der Waals surface area (Å²) in [6.07, 6.45) is 0. The summed E-state index contributed by atoms with van der Waals surface area (Å²) in [5, 5.41) is 11.8. The third kappa shape index (κ3) is 2.15. The molecule has 74 valence electrons. The van der Waals surface area contributed by atoms with Gasteiger partial charge >= 0.3 is 0 Å².